The Morgan fingerprint density at radius 2 is 1.66 bits per heavy atom. The lowest BCUT2D eigenvalue weighted by Gasteiger charge is -2.32. The zero-order valence-electron chi connectivity index (χ0n) is 22.2. The van der Waals surface area contributed by atoms with Gasteiger partial charge in [0.1, 0.15) is 12.6 Å². The summed E-state index contributed by atoms with van der Waals surface area (Å²) in [4.78, 5) is 27.7. The van der Waals surface area contributed by atoms with Crippen LogP contribution in [0.3, 0.4) is 0 Å². The molecule has 0 saturated carbocycles. The van der Waals surface area contributed by atoms with E-state index in [0.29, 0.717) is 28.9 Å². The maximum absolute atomic E-state index is 13.8. The Balaban J connectivity index is 2.09. The van der Waals surface area contributed by atoms with Crippen molar-refractivity contribution in [3.63, 3.8) is 0 Å². The minimum atomic E-state index is -4.88. The molecule has 1 atom stereocenters. The normalized spacial score (nSPS) is 12.5. The molecule has 0 saturated heterocycles. The highest BCUT2D eigenvalue weighted by molar-refractivity contribution is 9.10. The first-order valence-electron chi connectivity index (χ1n) is 12.5. The summed E-state index contributed by atoms with van der Waals surface area (Å²) in [6.07, 6.45) is -4.22. The summed E-state index contributed by atoms with van der Waals surface area (Å²) in [7, 11) is -4.53. The largest absolute Gasteiger partial charge is 0.417 e. The Morgan fingerprint density at radius 1 is 1.02 bits per heavy atom. The predicted molar refractivity (Wildman–Crippen MR) is 155 cm³/mol. The Kier molecular flexibility index (Phi) is 10.8. The van der Waals surface area contributed by atoms with Gasteiger partial charge in [-0.2, -0.15) is 13.2 Å². The van der Waals surface area contributed by atoms with Crippen molar-refractivity contribution in [3.05, 3.63) is 93.4 Å². The van der Waals surface area contributed by atoms with E-state index in [4.69, 9.17) is 11.6 Å². The van der Waals surface area contributed by atoms with Gasteiger partial charge < -0.3 is 10.2 Å². The quantitative estimate of drug-likeness (QED) is 0.260. The summed E-state index contributed by atoms with van der Waals surface area (Å²) in [6.45, 7) is 2.80. The molecule has 0 spiro atoms. The third-order valence-electron chi connectivity index (χ3n) is 6.14. The van der Waals surface area contributed by atoms with E-state index in [2.05, 4.69) is 21.2 Å². The van der Waals surface area contributed by atoms with Gasteiger partial charge in [0.2, 0.25) is 11.8 Å². The number of nitrogens with zero attached hydrogens (tertiary/aromatic N) is 2. The molecule has 0 aromatic heterocycles. The second kappa shape index (κ2) is 13.7. The van der Waals surface area contributed by atoms with Gasteiger partial charge in [0.05, 0.1) is 21.2 Å². The number of carbonyl (C=O) groups is 2. The van der Waals surface area contributed by atoms with Crippen LogP contribution in [0.15, 0.2) is 82.2 Å². The lowest BCUT2D eigenvalue weighted by molar-refractivity contribution is -0.139. The van der Waals surface area contributed by atoms with Gasteiger partial charge in [-0.05, 0) is 61.4 Å². The van der Waals surface area contributed by atoms with Crippen molar-refractivity contribution in [1.82, 2.24) is 10.2 Å². The van der Waals surface area contributed by atoms with E-state index in [-0.39, 0.29) is 11.4 Å². The summed E-state index contributed by atoms with van der Waals surface area (Å²) in [5.74, 6) is -1.25. The number of nitrogens with one attached hydrogen (secondary N) is 1. The Morgan fingerprint density at radius 3 is 2.24 bits per heavy atom. The summed E-state index contributed by atoms with van der Waals surface area (Å²) in [5.41, 5.74) is -1.01. The van der Waals surface area contributed by atoms with E-state index in [9.17, 15) is 31.2 Å². The second-order valence-corrected chi connectivity index (χ2v) is 12.3. The first-order valence-corrected chi connectivity index (χ1v) is 15.1. The van der Waals surface area contributed by atoms with Crippen LogP contribution in [0.1, 0.15) is 31.4 Å². The van der Waals surface area contributed by atoms with Gasteiger partial charge >= 0.3 is 6.18 Å². The van der Waals surface area contributed by atoms with Crippen molar-refractivity contribution in [2.75, 3.05) is 17.4 Å². The van der Waals surface area contributed by atoms with E-state index < -0.39 is 56.9 Å². The number of alkyl halides is 3. The fourth-order valence-electron chi connectivity index (χ4n) is 3.90. The molecule has 0 aliphatic carbocycles. The van der Waals surface area contributed by atoms with Crippen LogP contribution in [0.2, 0.25) is 5.02 Å². The van der Waals surface area contributed by atoms with Crippen LogP contribution >= 0.6 is 27.5 Å². The maximum Gasteiger partial charge on any atom is 0.417 e. The van der Waals surface area contributed by atoms with Crippen LogP contribution in [0.5, 0.6) is 0 Å². The van der Waals surface area contributed by atoms with Gasteiger partial charge in [-0.3, -0.25) is 13.9 Å². The molecular formula is C28H28BrClF3N3O4S. The Bertz CT molecular complexity index is 1470. The van der Waals surface area contributed by atoms with E-state index in [1.807, 2.05) is 6.92 Å². The molecule has 1 N–H and O–H groups in total. The number of hydrogen-bond donors (Lipinski definition) is 1. The van der Waals surface area contributed by atoms with Crippen LogP contribution in [0.25, 0.3) is 0 Å². The molecule has 2 amide bonds. The second-order valence-electron chi connectivity index (χ2n) is 9.10. The van der Waals surface area contributed by atoms with Crippen molar-refractivity contribution in [1.29, 1.82) is 0 Å². The monoisotopic (exact) mass is 673 g/mol. The molecule has 13 heteroatoms. The van der Waals surface area contributed by atoms with Crippen LogP contribution in [0, 0.1) is 0 Å². The van der Waals surface area contributed by atoms with Crippen LogP contribution in [0.4, 0.5) is 18.9 Å². The predicted octanol–water partition coefficient (Wildman–Crippen LogP) is 6.26. The molecule has 0 bridgehead atoms. The van der Waals surface area contributed by atoms with Crippen LogP contribution in [-0.4, -0.2) is 44.3 Å². The lowest BCUT2D eigenvalue weighted by Crippen LogP contribution is -2.51. The number of amides is 2. The number of sulfonamides is 1. The topological polar surface area (TPSA) is 86.8 Å². The van der Waals surface area contributed by atoms with E-state index in [0.717, 1.165) is 16.6 Å². The lowest BCUT2D eigenvalue weighted by atomic mass is 10.1. The summed E-state index contributed by atoms with van der Waals surface area (Å²) < 4.78 is 69.9. The molecule has 0 unspecified atom stereocenters. The average Bonchev–Trinajstić information content (AvgIpc) is 2.94. The van der Waals surface area contributed by atoms with Crippen molar-refractivity contribution in [2.24, 2.45) is 0 Å². The van der Waals surface area contributed by atoms with Crippen molar-refractivity contribution < 1.29 is 31.2 Å². The molecule has 41 heavy (non-hydrogen) atoms. The SMILES string of the molecule is CCCNC(=O)[C@H](C)N(Cc1ccc(Br)cc1)C(=O)CN(c1ccc(Cl)c(C(F)(F)F)c1)S(=O)(=O)c1ccccc1. The number of anilines is 1. The molecule has 0 aliphatic rings. The minimum absolute atomic E-state index is 0.0551. The smallest absolute Gasteiger partial charge is 0.354 e. The summed E-state index contributed by atoms with van der Waals surface area (Å²) in [5, 5.41) is 2.10. The third-order valence-corrected chi connectivity index (χ3v) is 8.78. The zero-order valence-corrected chi connectivity index (χ0v) is 25.3. The van der Waals surface area contributed by atoms with E-state index in [1.165, 1.54) is 36.1 Å². The molecule has 3 aromatic carbocycles. The number of halogens is 5. The molecule has 3 aromatic rings. The fourth-order valence-corrected chi connectivity index (χ4v) is 5.82. The molecular weight excluding hydrogens is 647 g/mol. The molecule has 0 heterocycles. The molecule has 0 fully saturated rings. The fraction of sp³-hybridized carbons (Fsp3) is 0.286. The average molecular weight is 675 g/mol. The maximum atomic E-state index is 13.8. The molecule has 7 nitrogen and oxygen atoms in total. The van der Waals surface area contributed by atoms with Crippen molar-refractivity contribution >= 4 is 55.1 Å². The molecule has 3 rings (SSSR count). The van der Waals surface area contributed by atoms with Gasteiger partial charge in [-0.25, -0.2) is 8.42 Å². The van der Waals surface area contributed by atoms with Crippen molar-refractivity contribution in [3.8, 4) is 0 Å². The highest BCUT2D eigenvalue weighted by Gasteiger charge is 2.36. The van der Waals surface area contributed by atoms with Crippen LogP contribution < -0.4 is 9.62 Å². The first-order chi connectivity index (χ1) is 19.3. The highest BCUT2D eigenvalue weighted by Crippen LogP contribution is 2.38. The van der Waals surface area contributed by atoms with Gasteiger partial charge in [0, 0.05) is 17.6 Å². The highest BCUT2D eigenvalue weighted by atomic mass is 79.9. The standard InChI is InChI=1S/C28H28BrClF3N3O4S/c1-3-15-34-27(38)19(2)35(17-20-9-11-21(29)12-10-20)26(37)18-36(41(39,40)23-7-5-4-6-8-23)22-13-14-25(30)24(16-22)28(31,32)33/h4-14,16,19H,3,15,17-18H2,1-2H3,(H,34,38)/t19-/m0/s1. The number of rotatable bonds is 11. The molecule has 220 valence electrons. The summed E-state index contributed by atoms with van der Waals surface area (Å²) in [6, 6.07) is 15.6. The van der Waals surface area contributed by atoms with Gasteiger partial charge in [0.15, 0.2) is 0 Å². The first kappa shape index (κ1) is 32.4. The van der Waals surface area contributed by atoms with Crippen molar-refractivity contribution in [2.45, 2.75) is 43.9 Å². The number of carbonyl (C=O) groups excluding carboxylic acids is 2. The van der Waals surface area contributed by atoms with E-state index >= 15 is 0 Å². The zero-order chi connectivity index (χ0) is 30.4. The third kappa shape index (κ3) is 8.23. The molecule has 0 aliphatic heterocycles. The van der Waals surface area contributed by atoms with Crippen LogP contribution in [-0.2, 0) is 32.3 Å². The van der Waals surface area contributed by atoms with E-state index in [1.54, 1.807) is 30.3 Å². The summed E-state index contributed by atoms with van der Waals surface area (Å²) >= 11 is 9.12. The van der Waals surface area contributed by atoms with Gasteiger partial charge in [0.25, 0.3) is 10.0 Å². The Labute approximate surface area is 250 Å². The number of hydrogen-bond acceptors (Lipinski definition) is 4. The minimum Gasteiger partial charge on any atom is -0.354 e. The molecule has 0 radical (unpaired) electrons. The number of benzene rings is 3. The Hall–Kier alpha value is -3.09. The van der Waals surface area contributed by atoms with Gasteiger partial charge in [-0.1, -0.05) is 64.8 Å². The van der Waals surface area contributed by atoms with Gasteiger partial charge in [-0.15, -0.1) is 0 Å².